The van der Waals surface area contributed by atoms with E-state index in [1.165, 1.54) is 10.7 Å². The van der Waals surface area contributed by atoms with E-state index in [0.29, 0.717) is 0 Å². The van der Waals surface area contributed by atoms with E-state index in [2.05, 4.69) is 5.10 Å². The first-order valence-electron chi connectivity index (χ1n) is 7.87. The minimum absolute atomic E-state index is 0.00803. The Bertz CT molecular complexity index is 756. The zero-order chi connectivity index (χ0) is 17.3. The molecule has 0 saturated heterocycles. The molecule has 1 saturated carbocycles. The number of aromatic nitrogens is 2. The number of esters is 1. The lowest BCUT2D eigenvalue weighted by Gasteiger charge is -2.14. The summed E-state index contributed by atoms with van der Waals surface area (Å²) in [6.07, 6.45) is 0.766. The van der Waals surface area contributed by atoms with E-state index in [9.17, 15) is 18.7 Å². The molecule has 0 amide bonds. The highest BCUT2D eigenvalue weighted by Crippen LogP contribution is 2.40. The predicted octanol–water partition coefficient (Wildman–Crippen LogP) is 2.95. The van der Waals surface area contributed by atoms with Crippen molar-refractivity contribution >= 4 is 5.97 Å². The van der Waals surface area contributed by atoms with Gasteiger partial charge in [-0.1, -0.05) is 6.07 Å². The lowest BCUT2D eigenvalue weighted by atomic mass is 10.1. The third-order valence-electron chi connectivity index (χ3n) is 3.96. The molecule has 0 spiro atoms. The average Bonchev–Trinajstić information content (AvgIpc) is 3.28. The fourth-order valence-electron chi connectivity index (χ4n) is 2.62. The molecule has 0 radical (unpaired) electrons. The summed E-state index contributed by atoms with van der Waals surface area (Å²) in [5.74, 6) is -1.76. The Kier molecular flexibility index (Phi) is 4.62. The van der Waals surface area contributed by atoms with E-state index in [-0.39, 0.29) is 30.3 Å². The van der Waals surface area contributed by atoms with E-state index in [4.69, 9.17) is 4.74 Å². The van der Waals surface area contributed by atoms with Gasteiger partial charge >= 0.3 is 5.97 Å². The first-order valence-corrected chi connectivity index (χ1v) is 7.87. The van der Waals surface area contributed by atoms with Gasteiger partial charge in [-0.2, -0.15) is 5.10 Å². The van der Waals surface area contributed by atoms with Gasteiger partial charge in [0.05, 0.1) is 13.2 Å². The molecule has 24 heavy (non-hydrogen) atoms. The number of ether oxygens (including phenoxy) is 1. The Labute approximate surface area is 137 Å². The van der Waals surface area contributed by atoms with Gasteiger partial charge in [0.1, 0.15) is 17.7 Å². The molecule has 5 nitrogen and oxygen atoms in total. The van der Waals surface area contributed by atoms with Gasteiger partial charge in [0.2, 0.25) is 0 Å². The number of halogens is 2. The summed E-state index contributed by atoms with van der Waals surface area (Å²) < 4.78 is 33.2. The maximum Gasteiger partial charge on any atom is 0.358 e. The van der Waals surface area contributed by atoms with Crippen LogP contribution in [-0.2, 0) is 11.3 Å². The van der Waals surface area contributed by atoms with Crippen molar-refractivity contribution in [2.45, 2.75) is 38.3 Å². The van der Waals surface area contributed by atoms with Gasteiger partial charge in [0.15, 0.2) is 5.69 Å². The molecular formula is C17H18F2N2O3. The van der Waals surface area contributed by atoms with E-state index in [1.54, 1.807) is 13.0 Å². The Balaban J connectivity index is 1.84. The molecule has 1 aromatic heterocycles. The van der Waals surface area contributed by atoms with Gasteiger partial charge < -0.3 is 9.84 Å². The molecule has 7 heteroatoms. The number of hydrogen-bond donors (Lipinski definition) is 1. The number of hydrogen-bond acceptors (Lipinski definition) is 4. The number of aliphatic hydroxyl groups is 1. The molecule has 1 atom stereocenters. The maximum atomic E-state index is 13.8. The lowest BCUT2D eigenvalue weighted by Crippen LogP contribution is -2.14. The number of carbonyl (C=O) groups excluding carboxylic acids is 1. The van der Waals surface area contributed by atoms with Gasteiger partial charge in [0.25, 0.3) is 0 Å². The average molecular weight is 336 g/mol. The number of benzene rings is 1. The van der Waals surface area contributed by atoms with Crippen molar-refractivity contribution in [3.05, 3.63) is 52.9 Å². The molecular weight excluding hydrogens is 318 g/mol. The topological polar surface area (TPSA) is 64.3 Å². The van der Waals surface area contributed by atoms with Crippen LogP contribution in [0.25, 0.3) is 0 Å². The monoisotopic (exact) mass is 336 g/mol. The first-order chi connectivity index (χ1) is 11.5. The standard InChI is InChI=1S/C17H18F2N2O3/c1-2-24-17(23)14-8-15(10-3-4-10)21(20-14)9-16(22)12-6-5-11(18)7-13(12)19/h5-8,10,16,22H,2-4,9H2,1H3. The number of rotatable bonds is 6. The van der Waals surface area contributed by atoms with Gasteiger partial charge in [-0.05, 0) is 31.9 Å². The van der Waals surface area contributed by atoms with Crippen molar-refractivity contribution in [1.29, 1.82) is 0 Å². The second kappa shape index (κ2) is 6.68. The van der Waals surface area contributed by atoms with Crippen LogP contribution in [0.15, 0.2) is 24.3 Å². The Hall–Kier alpha value is -2.28. The van der Waals surface area contributed by atoms with Crippen LogP contribution in [-0.4, -0.2) is 27.5 Å². The molecule has 1 aliphatic carbocycles. The summed E-state index contributed by atoms with van der Waals surface area (Å²) in [4.78, 5) is 11.8. The molecule has 3 rings (SSSR count). The van der Waals surface area contributed by atoms with Crippen molar-refractivity contribution in [2.24, 2.45) is 0 Å². The van der Waals surface area contributed by atoms with Crippen LogP contribution in [0.1, 0.15) is 53.5 Å². The van der Waals surface area contributed by atoms with Crippen LogP contribution in [0.3, 0.4) is 0 Å². The second-order valence-electron chi connectivity index (χ2n) is 5.81. The third kappa shape index (κ3) is 3.46. The van der Waals surface area contributed by atoms with Gasteiger partial charge in [-0.3, -0.25) is 4.68 Å². The highest BCUT2D eigenvalue weighted by Gasteiger charge is 2.30. The number of nitrogens with zero attached hydrogens (tertiary/aromatic N) is 2. The Morgan fingerprint density at radius 1 is 1.42 bits per heavy atom. The summed E-state index contributed by atoms with van der Waals surface area (Å²) in [5, 5.41) is 14.5. The van der Waals surface area contributed by atoms with Crippen LogP contribution in [0, 0.1) is 11.6 Å². The Morgan fingerprint density at radius 2 is 2.17 bits per heavy atom. The summed E-state index contributed by atoms with van der Waals surface area (Å²) in [6.45, 7) is 1.93. The molecule has 128 valence electrons. The molecule has 1 aliphatic rings. The van der Waals surface area contributed by atoms with Crippen molar-refractivity contribution < 1.29 is 23.4 Å². The fourth-order valence-corrected chi connectivity index (χ4v) is 2.62. The molecule has 0 aliphatic heterocycles. The molecule has 1 N–H and O–H groups in total. The van der Waals surface area contributed by atoms with Crippen LogP contribution in [0.2, 0.25) is 0 Å². The number of carbonyl (C=O) groups is 1. The van der Waals surface area contributed by atoms with Crippen LogP contribution < -0.4 is 0 Å². The summed E-state index contributed by atoms with van der Waals surface area (Å²) >= 11 is 0. The SMILES string of the molecule is CCOC(=O)c1cc(C2CC2)n(CC(O)c2ccc(F)cc2F)n1. The molecule has 1 unspecified atom stereocenters. The third-order valence-corrected chi connectivity index (χ3v) is 3.96. The smallest absolute Gasteiger partial charge is 0.358 e. The van der Waals surface area contributed by atoms with Crippen LogP contribution >= 0.6 is 0 Å². The van der Waals surface area contributed by atoms with E-state index in [1.807, 2.05) is 0 Å². The van der Waals surface area contributed by atoms with Gasteiger partial charge in [0, 0.05) is 23.2 Å². The fraction of sp³-hybridized carbons (Fsp3) is 0.412. The first kappa shape index (κ1) is 16.6. The maximum absolute atomic E-state index is 13.8. The van der Waals surface area contributed by atoms with Crippen molar-refractivity contribution in [3.63, 3.8) is 0 Å². The summed E-state index contributed by atoms with van der Waals surface area (Å²) in [5.41, 5.74) is 0.983. The van der Waals surface area contributed by atoms with E-state index < -0.39 is 23.7 Å². The summed E-state index contributed by atoms with van der Waals surface area (Å²) in [6, 6.07) is 4.69. The second-order valence-corrected chi connectivity index (χ2v) is 5.81. The van der Waals surface area contributed by atoms with E-state index >= 15 is 0 Å². The molecule has 1 aromatic carbocycles. The zero-order valence-corrected chi connectivity index (χ0v) is 13.2. The largest absolute Gasteiger partial charge is 0.461 e. The normalized spacial score (nSPS) is 15.3. The molecule has 2 aromatic rings. The predicted molar refractivity (Wildman–Crippen MR) is 81.5 cm³/mol. The molecule has 1 heterocycles. The molecule has 0 bridgehead atoms. The minimum atomic E-state index is -1.20. The highest BCUT2D eigenvalue weighted by molar-refractivity contribution is 5.87. The van der Waals surface area contributed by atoms with Gasteiger partial charge in [-0.15, -0.1) is 0 Å². The van der Waals surface area contributed by atoms with Crippen molar-refractivity contribution in [3.8, 4) is 0 Å². The van der Waals surface area contributed by atoms with Crippen molar-refractivity contribution in [2.75, 3.05) is 6.61 Å². The van der Waals surface area contributed by atoms with E-state index in [0.717, 1.165) is 30.7 Å². The quantitative estimate of drug-likeness (QED) is 0.824. The minimum Gasteiger partial charge on any atom is -0.461 e. The van der Waals surface area contributed by atoms with Gasteiger partial charge in [-0.25, -0.2) is 13.6 Å². The lowest BCUT2D eigenvalue weighted by molar-refractivity contribution is 0.0517. The van der Waals surface area contributed by atoms with Crippen molar-refractivity contribution in [1.82, 2.24) is 9.78 Å². The summed E-state index contributed by atoms with van der Waals surface area (Å²) in [7, 11) is 0. The van der Waals surface area contributed by atoms with Crippen LogP contribution in [0.5, 0.6) is 0 Å². The highest BCUT2D eigenvalue weighted by atomic mass is 19.1. The molecule has 1 fully saturated rings. The number of aliphatic hydroxyl groups excluding tert-OH is 1. The zero-order valence-electron chi connectivity index (χ0n) is 13.2. The van der Waals surface area contributed by atoms with Crippen LogP contribution in [0.4, 0.5) is 8.78 Å². The Morgan fingerprint density at radius 3 is 2.79 bits per heavy atom.